The third-order valence-corrected chi connectivity index (χ3v) is 3.63. The fourth-order valence-electron chi connectivity index (χ4n) is 2.34. The fraction of sp³-hybridized carbons (Fsp3) is 0.400. The molecule has 1 heterocycles. The Morgan fingerprint density at radius 3 is 2.45 bits per heavy atom. The number of halogens is 3. The Morgan fingerprint density at radius 1 is 1.32 bits per heavy atom. The molecular weight excluding hydrogens is 299 g/mol. The topological polar surface area (TPSA) is 49.8 Å². The number of carboxylic acids is 1. The van der Waals surface area contributed by atoms with Gasteiger partial charge in [-0.2, -0.15) is 13.2 Å². The lowest BCUT2D eigenvalue weighted by Gasteiger charge is -2.33. The van der Waals surface area contributed by atoms with E-state index >= 15 is 0 Å². The van der Waals surface area contributed by atoms with E-state index < -0.39 is 17.7 Å². The molecule has 0 radical (unpaired) electrons. The molecule has 0 spiro atoms. The van der Waals surface area contributed by atoms with Gasteiger partial charge in [0.15, 0.2) is 0 Å². The van der Waals surface area contributed by atoms with Crippen molar-refractivity contribution in [3.05, 3.63) is 29.8 Å². The van der Waals surface area contributed by atoms with Gasteiger partial charge in [-0.15, -0.1) is 0 Å². The summed E-state index contributed by atoms with van der Waals surface area (Å²) in [6, 6.07) is 4.82. The van der Waals surface area contributed by atoms with Gasteiger partial charge in [-0.1, -0.05) is 6.08 Å². The molecule has 0 aliphatic carbocycles. The summed E-state index contributed by atoms with van der Waals surface area (Å²) >= 11 is 0. The predicted molar refractivity (Wildman–Crippen MR) is 76.1 cm³/mol. The zero-order valence-electron chi connectivity index (χ0n) is 12.1. The largest absolute Gasteiger partial charge is 0.478 e. The van der Waals surface area contributed by atoms with Crippen LogP contribution in [0.2, 0.25) is 0 Å². The van der Waals surface area contributed by atoms with Gasteiger partial charge in [0.05, 0.1) is 0 Å². The van der Waals surface area contributed by atoms with Gasteiger partial charge in [-0.05, 0) is 32.1 Å². The van der Waals surface area contributed by atoms with Gasteiger partial charge in [0.1, 0.15) is 5.75 Å². The second kappa shape index (κ2) is 5.55. The van der Waals surface area contributed by atoms with Crippen LogP contribution in [0.15, 0.2) is 24.3 Å². The Bertz CT molecular complexity index is 609. The van der Waals surface area contributed by atoms with E-state index in [1.807, 2.05) is 18.7 Å². The molecule has 1 atom stereocenters. The second-order valence-electron chi connectivity index (χ2n) is 4.87. The molecule has 0 bridgehead atoms. The van der Waals surface area contributed by atoms with Crippen molar-refractivity contribution in [2.75, 3.05) is 18.0 Å². The average Bonchev–Trinajstić information content (AvgIpc) is 2.46. The quantitative estimate of drug-likeness (QED) is 0.926. The van der Waals surface area contributed by atoms with Crippen LogP contribution in [0, 0.1) is 0 Å². The van der Waals surface area contributed by atoms with Crippen LogP contribution >= 0.6 is 0 Å². The van der Waals surface area contributed by atoms with E-state index in [0.717, 1.165) is 6.08 Å². The number of ether oxygens (including phenoxy) is 1. The fourth-order valence-corrected chi connectivity index (χ4v) is 2.34. The summed E-state index contributed by atoms with van der Waals surface area (Å²) in [5.41, 5.74) is -2.25. The zero-order valence-corrected chi connectivity index (χ0v) is 12.1. The summed E-state index contributed by atoms with van der Waals surface area (Å²) < 4.78 is 44.4. The maximum atomic E-state index is 13.2. The first-order valence-electron chi connectivity index (χ1n) is 6.82. The van der Waals surface area contributed by atoms with Crippen molar-refractivity contribution in [3.63, 3.8) is 0 Å². The maximum Gasteiger partial charge on any atom is 0.443 e. The molecule has 0 aromatic heterocycles. The van der Waals surface area contributed by atoms with Crippen LogP contribution in [-0.2, 0) is 4.79 Å². The van der Waals surface area contributed by atoms with Gasteiger partial charge in [-0.3, -0.25) is 0 Å². The summed E-state index contributed by atoms with van der Waals surface area (Å²) in [5.74, 6) is -2.18. The number of fused-ring (bicyclic) bond motifs is 1. The molecule has 0 amide bonds. The smallest absolute Gasteiger partial charge is 0.443 e. The third-order valence-electron chi connectivity index (χ3n) is 3.63. The molecule has 0 fully saturated rings. The lowest BCUT2D eigenvalue weighted by molar-refractivity contribution is -0.235. The van der Waals surface area contributed by atoms with E-state index in [1.165, 1.54) is 6.07 Å². The molecule has 22 heavy (non-hydrogen) atoms. The van der Waals surface area contributed by atoms with Gasteiger partial charge in [-0.25, -0.2) is 4.79 Å². The van der Waals surface area contributed by atoms with Crippen LogP contribution in [0.4, 0.5) is 18.9 Å². The standard InChI is InChI=1S/C15H16F3NO3/c1-3-19(4-2)11-6-5-10-7-8-14(13(20)21,15(16,17)18)22-12(10)9-11/h5-9H,3-4H2,1-2H3,(H,20,21)/t14-/m0/s1. The highest BCUT2D eigenvalue weighted by Crippen LogP contribution is 2.42. The molecule has 0 saturated carbocycles. The zero-order chi connectivity index (χ0) is 16.5. The first-order chi connectivity index (χ1) is 10.2. The number of rotatable bonds is 4. The van der Waals surface area contributed by atoms with E-state index in [0.29, 0.717) is 30.4 Å². The number of hydrogen-bond acceptors (Lipinski definition) is 3. The monoisotopic (exact) mass is 315 g/mol. The number of aliphatic carboxylic acids is 1. The second-order valence-corrected chi connectivity index (χ2v) is 4.87. The van der Waals surface area contributed by atoms with E-state index in [4.69, 9.17) is 9.84 Å². The Morgan fingerprint density at radius 2 is 1.95 bits per heavy atom. The lowest BCUT2D eigenvalue weighted by atomic mass is 9.97. The van der Waals surface area contributed by atoms with Crippen LogP contribution in [0.5, 0.6) is 5.75 Å². The molecule has 7 heteroatoms. The number of alkyl halides is 3. The van der Waals surface area contributed by atoms with E-state index in [9.17, 15) is 18.0 Å². The molecule has 0 unspecified atom stereocenters. The molecule has 4 nitrogen and oxygen atoms in total. The van der Waals surface area contributed by atoms with Crippen LogP contribution in [0.25, 0.3) is 6.08 Å². The maximum absolute atomic E-state index is 13.2. The molecule has 120 valence electrons. The predicted octanol–water partition coefficient (Wildman–Crippen LogP) is 3.32. The minimum Gasteiger partial charge on any atom is -0.478 e. The van der Waals surface area contributed by atoms with Gasteiger partial charge >= 0.3 is 17.7 Å². The average molecular weight is 315 g/mol. The number of hydrogen-bond donors (Lipinski definition) is 1. The number of benzene rings is 1. The highest BCUT2D eigenvalue weighted by molar-refractivity contribution is 5.85. The van der Waals surface area contributed by atoms with Crippen LogP contribution < -0.4 is 9.64 Å². The van der Waals surface area contributed by atoms with Crippen LogP contribution in [-0.4, -0.2) is 35.9 Å². The summed E-state index contributed by atoms with van der Waals surface area (Å²) in [5, 5.41) is 9.01. The van der Waals surface area contributed by atoms with Crippen LogP contribution in [0.1, 0.15) is 19.4 Å². The number of anilines is 1. The third kappa shape index (κ3) is 2.51. The highest BCUT2D eigenvalue weighted by Gasteiger charge is 2.63. The lowest BCUT2D eigenvalue weighted by Crippen LogP contribution is -2.56. The van der Waals surface area contributed by atoms with Crippen molar-refractivity contribution in [3.8, 4) is 5.75 Å². The van der Waals surface area contributed by atoms with Crippen LogP contribution in [0.3, 0.4) is 0 Å². The molecule has 1 aromatic rings. The molecule has 1 aliphatic rings. The van der Waals surface area contributed by atoms with Crippen molar-refractivity contribution in [2.24, 2.45) is 0 Å². The van der Waals surface area contributed by atoms with Gasteiger partial charge in [0.25, 0.3) is 0 Å². The highest BCUT2D eigenvalue weighted by atomic mass is 19.4. The molecule has 1 aliphatic heterocycles. The van der Waals surface area contributed by atoms with Crippen molar-refractivity contribution in [2.45, 2.75) is 25.6 Å². The molecular formula is C15H16F3NO3. The van der Waals surface area contributed by atoms with Crippen molar-refractivity contribution in [1.29, 1.82) is 0 Å². The first-order valence-corrected chi connectivity index (χ1v) is 6.82. The van der Waals surface area contributed by atoms with E-state index in [2.05, 4.69) is 0 Å². The molecule has 2 rings (SSSR count). The minimum atomic E-state index is -5.06. The molecule has 1 N–H and O–H groups in total. The number of carboxylic acid groups (broad SMARTS) is 1. The summed E-state index contributed by atoms with van der Waals surface area (Å²) in [6.45, 7) is 5.19. The van der Waals surface area contributed by atoms with Gasteiger partial charge < -0.3 is 14.7 Å². The van der Waals surface area contributed by atoms with Gasteiger partial charge in [0.2, 0.25) is 0 Å². The van der Waals surface area contributed by atoms with E-state index in [1.54, 1.807) is 12.1 Å². The summed E-state index contributed by atoms with van der Waals surface area (Å²) in [4.78, 5) is 13.1. The Hall–Kier alpha value is -2.18. The summed E-state index contributed by atoms with van der Waals surface area (Å²) in [7, 11) is 0. The number of carbonyl (C=O) groups is 1. The van der Waals surface area contributed by atoms with Crippen molar-refractivity contribution < 1.29 is 27.8 Å². The SMILES string of the molecule is CCN(CC)c1ccc2c(c1)O[C@@](C(=O)O)(C(F)(F)F)C=C2. The minimum absolute atomic E-state index is 0.0911. The Labute approximate surface area is 125 Å². The van der Waals surface area contributed by atoms with Gasteiger partial charge in [0, 0.05) is 30.4 Å². The summed E-state index contributed by atoms with van der Waals surface area (Å²) in [6.07, 6.45) is -3.39. The Kier molecular flexibility index (Phi) is 4.08. The first kappa shape index (κ1) is 16.2. The van der Waals surface area contributed by atoms with Crippen molar-refractivity contribution in [1.82, 2.24) is 0 Å². The number of nitrogens with zero attached hydrogens (tertiary/aromatic N) is 1. The van der Waals surface area contributed by atoms with E-state index in [-0.39, 0.29) is 5.75 Å². The van der Waals surface area contributed by atoms with Crippen molar-refractivity contribution >= 4 is 17.7 Å². The molecule has 1 aromatic carbocycles. The Balaban J connectivity index is 2.48. The normalized spacial score (nSPS) is 20.2. The molecule has 0 saturated heterocycles.